The summed E-state index contributed by atoms with van der Waals surface area (Å²) in [6, 6.07) is 8.43. The summed E-state index contributed by atoms with van der Waals surface area (Å²) in [5, 5.41) is 3.31. The largest absolute Gasteiger partial charge is 0.384 e. The normalized spacial score (nSPS) is 11.8. The van der Waals surface area contributed by atoms with E-state index in [0.717, 1.165) is 18.6 Å². The smallest absolute Gasteiger partial charge is 0.0502 e. The number of ether oxygens (including phenoxy) is 1. The molecule has 2 heteroatoms. The lowest BCUT2D eigenvalue weighted by atomic mass is 10.1. The topological polar surface area (TPSA) is 9.23 Å². The fraction of sp³-hybridized carbons (Fsp3) is 0.429. The number of rotatable bonds is 3. The van der Waals surface area contributed by atoms with Crippen molar-refractivity contribution in [1.82, 2.24) is 0 Å². The molecule has 0 aromatic heterocycles. The van der Waals surface area contributed by atoms with Gasteiger partial charge in [0, 0.05) is 12.7 Å². The van der Waals surface area contributed by atoms with Gasteiger partial charge in [0.25, 0.3) is 0 Å². The van der Waals surface area contributed by atoms with E-state index in [1.807, 2.05) is 0 Å². The van der Waals surface area contributed by atoms with Gasteiger partial charge in [0.1, 0.15) is 0 Å². The number of hydrogen-bond acceptors (Lipinski definition) is 1. The maximum absolute atomic E-state index is 5.04. The Morgan fingerprint density at radius 2 is 1.75 bits per heavy atom. The first-order valence-electron chi connectivity index (χ1n) is 5.30. The van der Waals surface area contributed by atoms with E-state index in [9.17, 15) is 0 Å². The van der Waals surface area contributed by atoms with Gasteiger partial charge in [-0.2, -0.15) is 10.0 Å². The third-order valence-electron chi connectivity index (χ3n) is 2.05. The molecule has 1 nitrogen and oxygen atoms in total. The average molecular weight is 236 g/mol. The average Bonchev–Trinajstić information content (AvgIpc) is 2.24. The van der Waals surface area contributed by atoms with Gasteiger partial charge in [-0.1, -0.05) is 18.1 Å². The molecule has 1 aromatic carbocycles. The van der Waals surface area contributed by atoms with E-state index in [-0.39, 0.29) is 0 Å². The first-order valence-corrected chi connectivity index (χ1v) is 8.16. The molecule has 0 bridgehead atoms. The Balaban J connectivity index is 2.67. The maximum Gasteiger partial charge on any atom is 0.0502 e. The molecule has 0 unspecified atom stereocenters. The molecule has 0 saturated carbocycles. The van der Waals surface area contributed by atoms with Gasteiger partial charge in [0.2, 0.25) is 0 Å². The van der Waals surface area contributed by atoms with Gasteiger partial charge in [-0.25, -0.2) is 0 Å². The Hall–Kier alpha value is -0.910. The van der Waals surface area contributed by atoms with Crippen LogP contribution >= 0.6 is 10.0 Å². The van der Waals surface area contributed by atoms with Crippen molar-refractivity contribution in [2.24, 2.45) is 0 Å². The van der Waals surface area contributed by atoms with Crippen LogP contribution in [0.3, 0.4) is 0 Å². The van der Waals surface area contributed by atoms with Crippen LogP contribution in [0.5, 0.6) is 0 Å². The van der Waals surface area contributed by atoms with E-state index in [1.54, 1.807) is 7.11 Å². The summed E-state index contributed by atoms with van der Waals surface area (Å²) in [6.07, 6.45) is 7.57. The molecule has 88 valence electrons. The first-order chi connectivity index (χ1) is 7.51. The minimum absolute atomic E-state index is 0.728. The molecular weight excluding hydrogens is 216 g/mol. The van der Waals surface area contributed by atoms with Crippen molar-refractivity contribution in [3.63, 3.8) is 0 Å². The molecule has 0 saturated heterocycles. The third-order valence-corrected chi connectivity index (χ3v) is 2.76. The molecule has 0 amide bonds. The molecule has 0 aliphatic heterocycles. The molecule has 0 N–H and O–H groups in total. The molecule has 0 atom stereocenters. The molecule has 1 rings (SSSR count). The lowest BCUT2D eigenvalue weighted by Gasteiger charge is -2.14. The number of methoxy groups -OCH3 is 1. The molecule has 0 radical (unpaired) electrons. The van der Waals surface area contributed by atoms with Gasteiger partial charge in [-0.15, -0.1) is 0 Å². The summed E-state index contributed by atoms with van der Waals surface area (Å²) < 4.78 is 5.04. The van der Waals surface area contributed by atoms with E-state index in [2.05, 4.69) is 54.2 Å². The van der Waals surface area contributed by atoms with Crippen molar-refractivity contribution >= 4 is 10.0 Å². The van der Waals surface area contributed by atoms with E-state index >= 15 is 0 Å². The second kappa shape index (κ2) is 5.98. The highest BCUT2D eigenvalue weighted by molar-refractivity contribution is 8.35. The van der Waals surface area contributed by atoms with Crippen LogP contribution in [0.1, 0.15) is 11.1 Å². The summed E-state index contributed by atoms with van der Waals surface area (Å²) in [7, 11) is 1.00. The van der Waals surface area contributed by atoms with Gasteiger partial charge in [-0.3, -0.25) is 0 Å². The van der Waals surface area contributed by atoms with Crippen LogP contribution in [0.4, 0.5) is 0 Å². The number of hydrogen-bond donors (Lipinski definition) is 0. The Morgan fingerprint density at radius 1 is 1.12 bits per heavy atom. The molecule has 0 aliphatic carbocycles. The zero-order valence-corrected chi connectivity index (χ0v) is 11.4. The van der Waals surface area contributed by atoms with Gasteiger partial charge in [0.15, 0.2) is 0 Å². The molecule has 0 fully saturated rings. The Kier molecular flexibility index (Phi) is 4.92. The predicted octanol–water partition coefficient (Wildman–Crippen LogP) is 2.88. The van der Waals surface area contributed by atoms with Crippen LogP contribution in [-0.2, 0) is 11.2 Å². The Bertz CT molecular complexity index is 376. The van der Waals surface area contributed by atoms with Gasteiger partial charge < -0.3 is 4.74 Å². The van der Waals surface area contributed by atoms with Gasteiger partial charge >= 0.3 is 0 Å². The third kappa shape index (κ3) is 5.25. The summed E-state index contributed by atoms with van der Waals surface area (Å²) in [5.74, 6) is 3.22. The Morgan fingerprint density at radius 3 is 2.25 bits per heavy atom. The van der Waals surface area contributed by atoms with Crippen molar-refractivity contribution in [2.75, 3.05) is 32.5 Å². The zero-order chi connectivity index (χ0) is 12.0. The molecule has 1 aromatic rings. The van der Waals surface area contributed by atoms with Crippen molar-refractivity contribution in [3.8, 4) is 11.2 Å². The highest BCUT2D eigenvalue weighted by Crippen LogP contribution is 2.32. The van der Waals surface area contributed by atoms with Crippen LogP contribution in [0, 0.1) is 11.2 Å². The van der Waals surface area contributed by atoms with Crippen molar-refractivity contribution in [2.45, 2.75) is 6.42 Å². The van der Waals surface area contributed by atoms with Crippen LogP contribution in [0.25, 0.3) is 0 Å². The van der Waals surface area contributed by atoms with Crippen LogP contribution in [0.15, 0.2) is 24.3 Å². The summed E-state index contributed by atoms with van der Waals surface area (Å²) in [6.45, 7) is 0.775. The maximum atomic E-state index is 5.04. The summed E-state index contributed by atoms with van der Waals surface area (Å²) in [4.78, 5) is 0. The van der Waals surface area contributed by atoms with Gasteiger partial charge in [0.05, 0.1) is 6.61 Å². The minimum atomic E-state index is -0.728. The fourth-order valence-electron chi connectivity index (χ4n) is 1.19. The zero-order valence-electron chi connectivity index (χ0n) is 10.5. The lowest BCUT2D eigenvalue weighted by molar-refractivity contribution is 0.202. The summed E-state index contributed by atoms with van der Waals surface area (Å²) >= 11 is 0. The minimum Gasteiger partial charge on any atom is -0.384 e. The van der Waals surface area contributed by atoms with Crippen LogP contribution < -0.4 is 0 Å². The molecule has 0 heterocycles. The van der Waals surface area contributed by atoms with E-state index in [1.165, 1.54) is 5.56 Å². The van der Waals surface area contributed by atoms with E-state index in [4.69, 9.17) is 4.74 Å². The molecule has 16 heavy (non-hydrogen) atoms. The molecular formula is C14H20OS. The predicted molar refractivity (Wildman–Crippen MR) is 74.3 cm³/mol. The van der Waals surface area contributed by atoms with Crippen molar-refractivity contribution < 1.29 is 4.74 Å². The lowest BCUT2D eigenvalue weighted by Crippen LogP contribution is -1.93. The number of benzene rings is 1. The summed E-state index contributed by atoms with van der Waals surface area (Å²) in [5.41, 5.74) is 2.40. The van der Waals surface area contributed by atoms with E-state index in [0.29, 0.717) is 0 Å². The second-order valence-electron chi connectivity index (χ2n) is 4.50. The van der Waals surface area contributed by atoms with Crippen LogP contribution in [-0.4, -0.2) is 32.5 Å². The Labute approximate surface area is 101 Å². The SMILES string of the molecule is COCCc1ccc(C#CS(C)(C)C)cc1. The first kappa shape index (κ1) is 13.2. The fourth-order valence-corrected chi connectivity index (χ4v) is 1.61. The van der Waals surface area contributed by atoms with E-state index < -0.39 is 10.0 Å². The van der Waals surface area contributed by atoms with Crippen LogP contribution in [0.2, 0.25) is 0 Å². The van der Waals surface area contributed by atoms with Crippen molar-refractivity contribution in [1.29, 1.82) is 0 Å². The van der Waals surface area contributed by atoms with Crippen molar-refractivity contribution in [3.05, 3.63) is 35.4 Å². The second-order valence-corrected chi connectivity index (χ2v) is 8.38. The quantitative estimate of drug-likeness (QED) is 0.733. The highest BCUT2D eigenvalue weighted by Gasteiger charge is 1.96. The molecule has 0 spiro atoms. The monoisotopic (exact) mass is 236 g/mol. The molecule has 0 aliphatic rings. The highest BCUT2D eigenvalue weighted by atomic mass is 32.3. The standard InChI is InChI=1S/C14H20OS/c1-15-11-9-13-5-7-14(8-6-13)10-12-16(2,3)4/h5-8H,9,11H2,1-4H3. The van der Waals surface area contributed by atoms with Gasteiger partial charge in [-0.05, 0) is 48.1 Å².